The van der Waals surface area contributed by atoms with Gasteiger partial charge in [0.2, 0.25) is 0 Å². The molecular formula is C27H26N2O. The Bertz CT molecular complexity index is 982. The van der Waals surface area contributed by atoms with E-state index in [0.717, 1.165) is 16.8 Å². The molecule has 2 N–H and O–H groups in total. The van der Waals surface area contributed by atoms with Crippen LogP contribution < -0.4 is 5.32 Å². The van der Waals surface area contributed by atoms with Crippen LogP contribution in [0.4, 0.5) is 0 Å². The first kappa shape index (κ1) is 20.0. The van der Waals surface area contributed by atoms with Crippen molar-refractivity contribution in [1.29, 1.82) is 0 Å². The van der Waals surface area contributed by atoms with Gasteiger partial charge >= 0.3 is 0 Å². The quantitative estimate of drug-likeness (QED) is 0.455. The fraction of sp³-hybridized carbons (Fsp3) is 0.148. The summed E-state index contributed by atoms with van der Waals surface area (Å²) in [7, 11) is 0. The lowest BCUT2D eigenvalue weighted by atomic mass is 9.77. The van der Waals surface area contributed by atoms with E-state index in [1.807, 2.05) is 97.1 Å². The summed E-state index contributed by atoms with van der Waals surface area (Å²) in [5, 5.41) is 15.9. The molecule has 0 spiro atoms. The fourth-order valence-electron chi connectivity index (χ4n) is 3.90. The molecule has 0 aliphatic rings. The molecule has 0 amide bonds. The van der Waals surface area contributed by atoms with Crippen LogP contribution in [0, 0.1) is 0 Å². The Morgan fingerprint density at radius 3 is 1.77 bits per heavy atom. The first-order valence-electron chi connectivity index (χ1n) is 10.3. The second-order valence-corrected chi connectivity index (χ2v) is 7.44. The van der Waals surface area contributed by atoms with Crippen LogP contribution in [0.15, 0.2) is 115 Å². The Labute approximate surface area is 178 Å². The summed E-state index contributed by atoms with van der Waals surface area (Å²) in [6.45, 7) is 0.570. The van der Waals surface area contributed by atoms with E-state index in [1.165, 1.54) is 5.56 Å². The maximum Gasteiger partial charge on any atom is 0.130 e. The Morgan fingerprint density at radius 2 is 1.23 bits per heavy atom. The van der Waals surface area contributed by atoms with Gasteiger partial charge in [-0.25, -0.2) is 0 Å². The highest BCUT2D eigenvalue weighted by Gasteiger charge is 2.40. The van der Waals surface area contributed by atoms with Crippen molar-refractivity contribution < 1.29 is 5.11 Å². The Morgan fingerprint density at radius 1 is 0.700 bits per heavy atom. The lowest BCUT2D eigenvalue weighted by Crippen LogP contribution is -2.50. The van der Waals surface area contributed by atoms with Crippen molar-refractivity contribution in [1.82, 2.24) is 10.3 Å². The number of benzene rings is 3. The van der Waals surface area contributed by atoms with Crippen LogP contribution in [0.3, 0.4) is 0 Å². The number of nitrogens with zero attached hydrogens (tertiary/aromatic N) is 1. The maximum atomic E-state index is 12.3. The average Bonchev–Trinajstić information content (AvgIpc) is 2.83. The van der Waals surface area contributed by atoms with Crippen molar-refractivity contribution in [3.8, 4) is 0 Å². The number of aromatic nitrogens is 1. The first-order chi connectivity index (χ1) is 14.8. The lowest BCUT2D eigenvalue weighted by Gasteiger charge is -2.38. The van der Waals surface area contributed by atoms with Gasteiger partial charge in [-0.3, -0.25) is 4.98 Å². The average molecular weight is 395 g/mol. The summed E-state index contributed by atoms with van der Waals surface area (Å²) < 4.78 is 0. The summed E-state index contributed by atoms with van der Waals surface area (Å²) in [6, 6.07) is 35.7. The van der Waals surface area contributed by atoms with E-state index in [-0.39, 0.29) is 6.04 Å². The number of aliphatic hydroxyl groups is 1. The number of hydrogen-bond acceptors (Lipinski definition) is 3. The monoisotopic (exact) mass is 394 g/mol. The van der Waals surface area contributed by atoms with Crippen LogP contribution in [0.1, 0.15) is 22.4 Å². The molecule has 1 unspecified atom stereocenters. The van der Waals surface area contributed by atoms with E-state index in [4.69, 9.17) is 0 Å². The number of rotatable bonds is 8. The van der Waals surface area contributed by atoms with Gasteiger partial charge in [0, 0.05) is 18.8 Å². The highest BCUT2D eigenvalue weighted by molar-refractivity contribution is 5.39. The van der Waals surface area contributed by atoms with Crippen LogP contribution in [-0.4, -0.2) is 16.1 Å². The molecule has 0 radical (unpaired) electrons. The van der Waals surface area contributed by atoms with E-state index >= 15 is 0 Å². The zero-order valence-electron chi connectivity index (χ0n) is 16.9. The minimum absolute atomic E-state index is 0.258. The van der Waals surface area contributed by atoms with Gasteiger partial charge in [-0.15, -0.1) is 0 Å². The fourth-order valence-corrected chi connectivity index (χ4v) is 3.90. The van der Waals surface area contributed by atoms with Gasteiger partial charge in [-0.05, 0) is 35.2 Å². The molecule has 150 valence electrons. The predicted molar refractivity (Wildman–Crippen MR) is 121 cm³/mol. The number of hydrogen-bond donors (Lipinski definition) is 2. The van der Waals surface area contributed by atoms with Crippen LogP contribution >= 0.6 is 0 Å². The van der Waals surface area contributed by atoms with E-state index in [9.17, 15) is 5.11 Å². The van der Waals surface area contributed by atoms with Gasteiger partial charge in [0.05, 0.1) is 5.69 Å². The van der Waals surface area contributed by atoms with Gasteiger partial charge in [-0.2, -0.15) is 0 Å². The zero-order valence-corrected chi connectivity index (χ0v) is 16.9. The van der Waals surface area contributed by atoms with Gasteiger partial charge in [0.1, 0.15) is 5.60 Å². The lowest BCUT2D eigenvalue weighted by molar-refractivity contribution is 0.0360. The molecule has 4 aromatic rings. The second kappa shape index (κ2) is 9.49. The summed E-state index contributed by atoms with van der Waals surface area (Å²) in [6.07, 6.45) is 2.47. The molecule has 0 saturated heterocycles. The van der Waals surface area contributed by atoms with Gasteiger partial charge in [-0.1, -0.05) is 97.1 Å². The summed E-state index contributed by atoms with van der Waals surface area (Å²) in [5.41, 5.74) is 2.64. The minimum atomic E-state index is -1.20. The summed E-state index contributed by atoms with van der Waals surface area (Å²) >= 11 is 0. The van der Waals surface area contributed by atoms with Gasteiger partial charge in [0.15, 0.2) is 0 Å². The molecule has 30 heavy (non-hydrogen) atoms. The Kier molecular flexibility index (Phi) is 6.33. The summed E-state index contributed by atoms with van der Waals surface area (Å²) in [5.74, 6) is 0. The van der Waals surface area contributed by atoms with E-state index in [1.54, 1.807) is 6.20 Å². The summed E-state index contributed by atoms with van der Waals surface area (Å²) in [4.78, 5) is 4.44. The topological polar surface area (TPSA) is 45.1 Å². The van der Waals surface area contributed by atoms with Crippen molar-refractivity contribution in [3.05, 3.63) is 138 Å². The van der Waals surface area contributed by atoms with Crippen molar-refractivity contribution in [2.24, 2.45) is 0 Å². The highest BCUT2D eigenvalue weighted by Crippen LogP contribution is 2.34. The maximum absolute atomic E-state index is 12.3. The molecule has 0 saturated carbocycles. The van der Waals surface area contributed by atoms with E-state index in [2.05, 4.69) is 22.4 Å². The Hall–Kier alpha value is -3.27. The molecule has 1 aromatic heterocycles. The number of pyridine rings is 1. The van der Waals surface area contributed by atoms with E-state index < -0.39 is 5.60 Å². The van der Waals surface area contributed by atoms with Crippen LogP contribution in [-0.2, 0) is 18.6 Å². The Balaban J connectivity index is 1.76. The normalized spacial score (nSPS) is 12.4. The third-order valence-corrected chi connectivity index (χ3v) is 5.47. The molecule has 3 nitrogen and oxygen atoms in total. The minimum Gasteiger partial charge on any atom is -0.379 e. The molecule has 3 aromatic carbocycles. The molecule has 0 aliphatic heterocycles. The van der Waals surface area contributed by atoms with Crippen LogP contribution in [0.2, 0.25) is 0 Å². The van der Waals surface area contributed by atoms with Crippen molar-refractivity contribution in [2.45, 2.75) is 24.6 Å². The van der Waals surface area contributed by atoms with Crippen LogP contribution in [0.25, 0.3) is 0 Å². The molecule has 1 heterocycles. The van der Waals surface area contributed by atoms with Crippen molar-refractivity contribution in [2.75, 3.05) is 0 Å². The van der Waals surface area contributed by atoms with Crippen molar-refractivity contribution in [3.63, 3.8) is 0 Å². The SMILES string of the molecule is OC(c1ccccc1)(c1ccccc1)C(Cc1ccccc1)NCc1ccccn1. The third-order valence-electron chi connectivity index (χ3n) is 5.47. The van der Waals surface area contributed by atoms with Gasteiger partial charge < -0.3 is 10.4 Å². The first-order valence-corrected chi connectivity index (χ1v) is 10.3. The number of nitrogens with one attached hydrogen (secondary N) is 1. The molecule has 0 aliphatic carbocycles. The second-order valence-electron chi connectivity index (χ2n) is 7.44. The molecule has 3 heteroatoms. The molecule has 0 fully saturated rings. The molecule has 1 atom stereocenters. The van der Waals surface area contributed by atoms with Crippen LogP contribution in [0.5, 0.6) is 0 Å². The smallest absolute Gasteiger partial charge is 0.130 e. The van der Waals surface area contributed by atoms with E-state index in [0.29, 0.717) is 13.0 Å². The molecule has 4 rings (SSSR count). The third kappa shape index (κ3) is 4.48. The predicted octanol–water partition coefficient (Wildman–Crippen LogP) is 4.72. The molecule has 0 bridgehead atoms. The molecular weight excluding hydrogens is 368 g/mol. The van der Waals surface area contributed by atoms with Gasteiger partial charge in [0.25, 0.3) is 0 Å². The zero-order chi connectivity index (χ0) is 20.7. The largest absolute Gasteiger partial charge is 0.379 e. The highest BCUT2D eigenvalue weighted by atomic mass is 16.3. The standard InChI is InChI=1S/C27H26N2O/c30-27(23-14-6-2-7-15-23,24-16-8-3-9-17-24)26(20-22-12-4-1-5-13-22)29-21-25-18-10-11-19-28-25/h1-19,26,29-30H,20-21H2. The van der Waals surface area contributed by atoms with Crippen molar-refractivity contribution >= 4 is 0 Å².